The van der Waals surface area contributed by atoms with Crippen molar-refractivity contribution in [1.29, 1.82) is 0 Å². The van der Waals surface area contributed by atoms with Gasteiger partial charge in [-0.05, 0) is 36.2 Å². The molecule has 150 valence electrons. The van der Waals surface area contributed by atoms with Gasteiger partial charge >= 0.3 is 0 Å². The van der Waals surface area contributed by atoms with E-state index in [1.54, 1.807) is 32.0 Å². The molecular formula is C20H22ClFN2O4. The lowest BCUT2D eigenvalue weighted by atomic mass is 10.0. The van der Waals surface area contributed by atoms with Crippen molar-refractivity contribution in [2.24, 2.45) is 5.92 Å². The van der Waals surface area contributed by atoms with E-state index in [9.17, 15) is 14.0 Å². The molecule has 2 aromatic rings. The molecule has 6 nitrogen and oxygen atoms in total. The number of amides is 2. The van der Waals surface area contributed by atoms with Crippen LogP contribution in [-0.2, 0) is 4.79 Å². The van der Waals surface area contributed by atoms with Crippen LogP contribution in [0, 0.1) is 11.7 Å². The molecule has 0 spiro atoms. The minimum absolute atomic E-state index is 0.0429. The molecule has 0 radical (unpaired) electrons. The maximum atomic E-state index is 13.6. The molecule has 2 N–H and O–H groups in total. The highest BCUT2D eigenvalue weighted by molar-refractivity contribution is 6.30. The molecule has 0 saturated heterocycles. The van der Waals surface area contributed by atoms with Gasteiger partial charge in [-0.3, -0.25) is 9.59 Å². The normalized spacial score (nSPS) is 11.7. The van der Waals surface area contributed by atoms with E-state index in [2.05, 4.69) is 10.6 Å². The van der Waals surface area contributed by atoms with Crippen molar-refractivity contribution in [2.75, 3.05) is 19.5 Å². The first-order valence-corrected chi connectivity index (χ1v) is 8.92. The Hall–Kier alpha value is -2.80. The van der Waals surface area contributed by atoms with Crippen molar-refractivity contribution in [3.05, 3.63) is 52.8 Å². The molecule has 0 aliphatic rings. The summed E-state index contributed by atoms with van der Waals surface area (Å²) < 4.78 is 23.9. The zero-order valence-electron chi connectivity index (χ0n) is 16.0. The topological polar surface area (TPSA) is 76.7 Å². The Balaban J connectivity index is 2.18. The van der Waals surface area contributed by atoms with E-state index < -0.39 is 23.7 Å². The minimum Gasteiger partial charge on any atom is -0.497 e. The summed E-state index contributed by atoms with van der Waals surface area (Å²) in [7, 11) is 2.96. The summed E-state index contributed by atoms with van der Waals surface area (Å²) >= 11 is 5.65. The number of ether oxygens (including phenoxy) is 2. The molecule has 0 fully saturated rings. The third-order valence-corrected chi connectivity index (χ3v) is 4.34. The van der Waals surface area contributed by atoms with Gasteiger partial charge in [-0.15, -0.1) is 0 Å². The van der Waals surface area contributed by atoms with Gasteiger partial charge in [0.05, 0.1) is 19.2 Å². The Morgan fingerprint density at radius 3 is 2.14 bits per heavy atom. The number of halogens is 2. The van der Waals surface area contributed by atoms with E-state index in [0.717, 1.165) is 6.07 Å². The highest BCUT2D eigenvalue weighted by Gasteiger charge is 2.25. The Kier molecular flexibility index (Phi) is 7.23. The number of hydrogen-bond acceptors (Lipinski definition) is 4. The summed E-state index contributed by atoms with van der Waals surface area (Å²) in [6.45, 7) is 3.58. The summed E-state index contributed by atoms with van der Waals surface area (Å²) in [5.74, 6) is -0.895. The maximum absolute atomic E-state index is 13.6. The molecule has 0 aliphatic carbocycles. The number of anilines is 1. The predicted molar refractivity (Wildman–Crippen MR) is 106 cm³/mol. The molecular weight excluding hydrogens is 387 g/mol. The first-order valence-electron chi connectivity index (χ1n) is 8.55. The average Bonchev–Trinajstić information content (AvgIpc) is 2.67. The van der Waals surface area contributed by atoms with Crippen molar-refractivity contribution in [1.82, 2.24) is 5.32 Å². The van der Waals surface area contributed by atoms with Crippen LogP contribution in [0.25, 0.3) is 0 Å². The third kappa shape index (κ3) is 5.36. The van der Waals surface area contributed by atoms with E-state index in [1.807, 2.05) is 0 Å². The molecule has 0 saturated carbocycles. The van der Waals surface area contributed by atoms with Crippen LogP contribution >= 0.6 is 11.6 Å². The number of benzene rings is 2. The van der Waals surface area contributed by atoms with Crippen molar-refractivity contribution >= 4 is 29.1 Å². The number of hydrogen-bond donors (Lipinski definition) is 2. The van der Waals surface area contributed by atoms with Crippen molar-refractivity contribution in [3.8, 4) is 11.5 Å². The quantitative estimate of drug-likeness (QED) is 0.728. The molecule has 2 amide bonds. The number of nitrogens with one attached hydrogen (secondary N) is 2. The largest absolute Gasteiger partial charge is 0.497 e. The Morgan fingerprint density at radius 1 is 1.04 bits per heavy atom. The number of carbonyl (C=O) groups is 2. The van der Waals surface area contributed by atoms with Crippen molar-refractivity contribution < 1.29 is 23.5 Å². The zero-order chi connectivity index (χ0) is 20.8. The monoisotopic (exact) mass is 408 g/mol. The van der Waals surface area contributed by atoms with Crippen molar-refractivity contribution in [2.45, 2.75) is 19.9 Å². The Morgan fingerprint density at radius 2 is 1.64 bits per heavy atom. The van der Waals surface area contributed by atoms with Crippen LogP contribution in [0.4, 0.5) is 10.1 Å². The fourth-order valence-corrected chi connectivity index (χ4v) is 2.61. The van der Waals surface area contributed by atoms with Gasteiger partial charge in [-0.25, -0.2) is 4.39 Å². The summed E-state index contributed by atoms with van der Waals surface area (Å²) in [6, 6.07) is 7.82. The van der Waals surface area contributed by atoms with Crippen molar-refractivity contribution in [3.63, 3.8) is 0 Å². The van der Waals surface area contributed by atoms with E-state index in [1.165, 1.54) is 26.4 Å². The van der Waals surface area contributed by atoms with Gasteiger partial charge in [0.1, 0.15) is 23.4 Å². The molecule has 2 aromatic carbocycles. The standard InChI is InChI=1S/C20H22ClFN2O4/c1-11(2)18(20(26)23-13-5-6-16(21)17(22)9-13)24-19(25)12-7-14(27-3)10-15(8-12)28-4/h5-11,18H,1-4H3,(H,23,26)(H,24,25). The Bertz CT molecular complexity index is 851. The summed E-state index contributed by atoms with van der Waals surface area (Å²) in [5.41, 5.74) is 0.530. The highest BCUT2D eigenvalue weighted by atomic mass is 35.5. The maximum Gasteiger partial charge on any atom is 0.252 e. The lowest BCUT2D eigenvalue weighted by molar-refractivity contribution is -0.118. The van der Waals surface area contributed by atoms with E-state index in [4.69, 9.17) is 21.1 Å². The van der Waals surface area contributed by atoms with Crippen LogP contribution in [0.15, 0.2) is 36.4 Å². The summed E-state index contributed by atoms with van der Waals surface area (Å²) in [4.78, 5) is 25.3. The first-order chi connectivity index (χ1) is 13.2. The van der Waals surface area contributed by atoms with Crippen LogP contribution in [0.5, 0.6) is 11.5 Å². The molecule has 1 unspecified atom stereocenters. The second-order valence-corrected chi connectivity index (χ2v) is 6.82. The van der Waals surface area contributed by atoms with Crippen LogP contribution in [0.3, 0.4) is 0 Å². The van der Waals surface area contributed by atoms with Gasteiger partial charge in [-0.2, -0.15) is 0 Å². The highest BCUT2D eigenvalue weighted by Crippen LogP contribution is 2.23. The van der Waals surface area contributed by atoms with Gasteiger partial charge in [0.2, 0.25) is 5.91 Å². The van der Waals surface area contributed by atoms with Crippen LogP contribution in [0.2, 0.25) is 5.02 Å². The molecule has 0 heterocycles. The SMILES string of the molecule is COc1cc(OC)cc(C(=O)NC(C(=O)Nc2ccc(Cl)c(F)c2)C(C)C)c1. The number of rotatable bonds is 7. The third-order valence-electron chi connectivity index (χ3n) is 4.04. The van der Waals surface area contributed by atoms with E-state index in [-0.39, 0.29) is 22.2 Å². The fourth-order valence-electron chi connectivity index (χ4n) is 2.49. The molecule has 1 atom stereocenters. The lowest BCUT2D eigenvalue weighted by Crippen LogP contribution is -2.47. The van der Waals surface area contributed by atoms with E-state index >= 15 is 0 Å². The van der Waals surface area contributed by atoms with Gasteiger partial charge < -0.3 is 20.1 Å². The van der Waals surface area contributed by atoms with Crippen LogP contribution < -0.4 is 20.1 Å². The summed E-state index contributed by atoms with van der Waals surface area (Å²) in [5, 5.41) is 5.25. The molecule has 0 aliphatic heterocycles. The van der Waals surface area contributed by atoms with E-state index in [0.29, 0.717) is 11.5 Å². The van der Waals surface area contributed by atoms with Gasteiger partial charge in [0, 0.05) is 17.3 Å². The Labute approximate surface area is 168 Å². The average molecular weight is 409 g/mol. The zero-order valence-corrected chi connectivity index (χ0v) is 16.8. The second kappa shape index (κ2) is 9.41. The van der Waals surface area contributed by atoms with Crippen LogP contribution in [0.1, 0.15) is 24.2 Å². The second-order valence-electron chi connectivity index (χ2n) is 6.41. The molecule has 2 rings (SSSR count). The molecule has 28 heavy (non-hydrogen) atoms. The fraction of sp³-hybridized carbons (Fsp3) is 0.300. The number of carbonyl (C=O) groups excluding carboxylic acids is 2. The molecule has 0 aromatic heterocycles. The summed E-state index contributed by atoms with van der Waals surface area (Å²) in [6.07, 6.45) is 0. The van der Waals surface area contributed by atoms with Gasteiger partial charge in [-0.1, -0.05) is 25.4 Å². The van der Waals surface area contributed by atoms with Crippen LogP contribution in [-0.4, -0.2) is 32.1 Å². The van der Waals surface area contributed by atoms with Gasteiger partial charge in [0.15, 0.2) is 0 Å². The molecule has 8 heteroatoms. The van der Waals surface area contributed by atoms with Gasteiger partial charge in [0.25, 0.3) is 5.91 Å². The number of methoxy groups -OCH3 is 2. The predicted octanol–water partition coefficient (Wildman–Crippen LogP) is 3.89. The lowest BCUT2D eigenvalue weighted by Gasteiger charge is -2.22. The smallest absolute Gasteiger partial charge is 0.252 e. The minimum atomic E-state index is -0.844. The molecule has 0 bridgehead atoms. The first kappa shape index (κ1) is 21.5.